The number of benzene rings is 1. The number of carbonyl (C=O) groups excluding carboxylic acids is 1. The van der Waals surface area contributed by atoms with Crippen LogP contribution in [-0.2, 0) is 0 Å². The quantitative estimate of drug-likeness (QED) is 0.901. The van der Waals surface area contributed by atoms with Crippen molar-refractivity contribution in [2.24, 2.45) is 5.92 Å². The lowest BCUT2D eigenvalue weighted by atomic mass is 9.99. The van der Waals surface area contributed by atoms with E-state index in [9.17, 15) is 9.18 Å². The third-order valence-electron chi connectivity index (χ3n) is 3.64. The molecule has 1 amide bonds. The maximum atomic E-state index is 13.6. The van der Waals surface area contributed by atoms with Gasteiger partial charge in [0.2, 0.25) is 0 Å². The Morgan fingerprint density at radius 2 is 2.11 bits per heavy atom. The molecule has 1 saturated carbocycles. The van der Waals surface area contributed by atoms with Gasteiger partial charge in [0.15, 0.2) is 0 Å². The summed E-state index contributed by atoms with van der Waals surface area (Å²) in [5.74, 6) is -0.271. The molecule has 1 fully saturated rings. The van der Waals surface area contributed by atoms with E-state index in [1.807, 2.05) is 6.92 Å². The van der Waals surface area contributed by atoms with E-state index in [-0.39, 0.29) is 17.5 Å². The second-order valence-electron chi connectivity index (χ2n) is 4.93. The first-order valence-corrected chi connectivity index (χ1v) is 7.13. The van der Waals surface area contributed by atoms with Crippen molar-refractivity contribution in [1.82, 2.24) is 5.32 Å². The Labute approximate surface area is 115 Å². The predicted octanol–water partition coefficient (Wildman–Crippen LogP) is 3.90. The van der Waals surface area contributed by atoms with Gasteiger partial charge in [0.1, 0.15) is 5.82 Å². The summed E-state index contributed by atoms with van der Waals surface area (Å²) >= 11 is 3.18. The lowest BCUT2D eigenvalue weighted by molar-refractivity contribution is 0.0923. The number of amides is 1. The zero-order valence-corrected chi connectivity index (χ0v) is 12.0. The van der Waals surface area contributed by atoms with Crippen molar-refractivity contribution in [2.75, 3.05) is 0 Å². The summed E-state index contributed by atoms with van der Waals surface area (Å²) < 4.78 is 14.3. The fourth-order valence-corrected chi connectivity index (χ4v) is 2.87. The van der Waals surface area contributed by atoms with Gasteiger partial charge in [-0.15, -0.1) is 0 Å². The molecule has 1 atom stereocenters. The Morgan fingerprint density at radius 3 is 2.72 bits per heavy atom. The van der Waals surface area contributed by atoms with Gasteiger partial charge in [-0.3, -0.25) is 4.79 Å². The molecule has 0 spiro atoms. The van der Waals surface area contributed by atoms with Gasteiger partial charge in [-0.1, -0.05) is 28.8 Å². The number of rotatable bonds is 3. The van der Waals surface area contributed by atoms with Crippen LogP contribution >= 0.6 is 15.9 Å². The normalized spacial score (nSPS) is 17.7. The van der Waals surface area contributed by atoms with Crippen LogP contribution < -0.4 is 5.32 Å². The van der Waals surface area contributed by atoms with E-state index < -0.39 is 5.82 Å². The van der Waals surface area contributed by atoms with Crippen molar-refractivity contribution in [3.05, 3.63) is 34.1 Å². The Morgan fingerprint density at radius 1 is 1.44 bits per heavy atom. The highest BCUT2D eigenvalue weighted by Crippen LogP contribution is 2.27. The minimum Gasteiger partial charge on any atom is -0.349 e. The van der Waals surface area contributed by atoms with Gasteiger partial charge in [-0.25, -0.2) is 4.39 Å². The third kappa shape index (κ3) is 3.10. The minimum atomic E-state index is -0.486. The molecule has 1 N–H and O–H groups in total. The van der Waals surface area contributed by atoms with Crippen molar-refractivity contribution in [1.29, 1.82) is 0 Å². The molecule has 4 heteroatoms. The summed E-state index contributed by atoms with van der Waals surface area (Å²) in [6.07, 6.45) is 4.78. The fourth-order valence-electron chi connectivity index (χ4n) is 2.53. The molecular weight excluding hydrogens is 297 g/mol. The van der Waals surface area contributed by atoms with E-state index in [1.54, 1.807) is 6.07 Å². The summed E-state index contributed by atoms with van der Waals surface area (Å²) in [6, 6.07) is 4.62. The van der Waals surface area contributed by atoms with Gasteiger partial charge in [-0.05, 0) is 43.9 Å². The smallest absolute Gasteiger partial charge is 0.254 e. The molecule has 1 aliphatic carbocycles. The van der Waals surface area contributed by atoms with Crippen molar-refractivity contribution in [2.45, 2.75) is 38.6 Å². The first kappa shape index (κ1) is 13.5. The highest BCUT2D eigenvalue weighted by Gasteiger charge is 2.23. The highest BCUT2D eigenvalue weighted by atomic mass is 79.9. The summed E-state index contributed by atoms with van der Waals surface area (Å²) in [5.41, 5.74) is 0.114. The van der Waals surface area contributed by atoms with Crippen LogP contribution in [0.3, 0.4) is 0 Å². The minimum absolute atomic E-state index is 0.114. The first-order chi connectivity index (χ1) is 8.58. The monoisotopic (exact) mass is 313 g/mol. The lowest BCUT2D eigenvalue weighted by Gasteiger charge is -2.20. The molecule has 2 nitrogen and oxygen atoms in total. The van der Waals surface area contributed by atoms with Crippen LogP contribution in [0.1, 0.15) is 43.0 Å². The SMILES string of the molecule is CC(NC(=O)c1ccc(Br)cc1F)C1CCCC1. The zero-order chi connectivity index (χ0) is 13.1. The second-order valence-corrected chi connectivity index (χ2v) is 5.85. The molecule has 2 rings (SSSR count). The summed E-state index contributed by atoms with van der Waals surface area (Å²) in [6.45, 7) is 2.00. The number of hydrogen-bond acceptors (Lipinski definition) is 1. The van der Waals surface area contributed by atoms with Crippen LogP contribution in [0.2, 0.25) is 0 Å². The van der Waals surface area contributed by atoms with E-state index in [4.69, 9.17) is 0 Å². The molecule has 0 heterocycles. The summed E-state index contributed by atoms with van der Waals surface area (Å²) in [4.78, 5) is 12.0. The topological polar surface area (TPSA) is 29.1 Å². The summed E-state index contributed by atoms with van der Waals surface area (Å²) in [7, 11) is 0. The standard InChI is InChI=1S/C14H17BrFNO/c1-9(10-4-2-3-5-10)17-14(18)12-7-6-11(15)8-13(12)16/h6-10H,2-5H2,1H3,(H,17,18). The predicted molar refractivity (Wildman–Crippen MR) is 73.0 cm³/mol. The van der Waals surface area contributed by atoms with Gasteiger partial charge in [0.05, 0.1) is 5.56 Å². The number of hydrogen-bond donors (Lipinski definition) is 1. The van der Waals surface area contributed by atoms with Gasteiger partial charge in [0.25, 0.3) is 5.91 Å². The maximum Gasteiger partial charge on any atom is 0.254 e. The fraction of sp³-hybridized carbons (Fsp3) is 0.500. The molecule has 18 heavy (non-hydrogen) atoms. The maximum absolute atomic E-state index is 13.6. The zero-order valence-electron chi connectivity index (χ0n) is 10.4. The van der Waals surface area contributed by atoms with E-state index in [0.717, 1.165) is 12.8 Å². The first-order valence-electron chi connectivity index (χ1n) is 6.34. The lowest BCUT2D eigenvalue weighted by Crippen LogP contribution is -2.37. The number of nitrogens with one attached hydrogen (secondary N) is 1. The second kappa shape index (κ2) is 5.83. The van der Waals surface area contributed by atoms with Crippen molar-refractivity contribution < 1.29 is 9.18 Å². The average molecular weight is 314 g/mol. The van der Waals surface area contributed by atoms with Gasteiger partial charge in [0, 0.05) is 10.5 Å². The molecule has 0 aromatic heterocycles. The van der Waals surface area contributed by atoms with Crippen molar-refractivity contribution in [3.63, 3.8) is 0 Å². The Kier molecular flexibility index (Phi) is 4.38. The van der Waals surface area contributed by atoms with Crippen LogP contribution in [0.15, 0.2) is 22.7 Å². The van der Waals surface area contributed by atoms with Crippen LogP contribution in [0, 0.1) is 11.7 Å². The van der Waals surface area contributed by atoms with Crippen molar-refractivity contribution >= 4 is 21.8 Å². The molecular formula is C14H17BrFNO. The summed E-state index contributed by atoms with van der Waals surface area (Å²) in [5, 5.41) is 2.90. The molecule has 0 saturated heterocycles. The molecule has 1 unspecified atom stereocenters. The average Bonchev–Trinajstić information content (AvgIpc) is 2.81. The van der Waals surface area contributed by atoms with Crippen LogP contribution in [0.5, 0.6) is 0 Å². The molecule has 98 valence electrons. The molecule has 0 aliphatic heterocycles. The number of halogens is 2. The van der Waals surface area contributed by atoms with E-state index in [0.29, 0.717) is 10.4 Å². The molecule has 1 aromatic carbocycles. The van der Waals surface area contributed by atoms with Crippen LogP contribution in [0.25, 0.3) is 0 Å². The highest BCUT2D eigenvalue weighted by molar-refractivity contribution is 9.10. The van der Waals surface area contributed by atoms with Crippen LogP contribution in [-0.4, -0.2) is 11.9 Å². The van der Waals surface area contributed by atoms with Gasteiger partial charge in [-0.2, -0.15) is 0 Å². The number of carbonyl (C=O) groups is 1. The van der Waals surface area contributed by atoms with Gasteiger partial charge >= 0.3 is 0 Å². The van der Waals surface area contributed by atoms with Gasteiger partial charge < -0.3 is 5.32 Å². The van der Waals surface area contributed by atoms with Crippen molar-refractivity contribution in [3.8, 4) is 0 Å². The third-order valence-corrected chi connectivity index (χ3v) is 4.13. The Hall–Kier alpha value is -0.900. The molecule has 0 radical (unpaired) electrons. The van der Waals surface area contributed by atoms with E-state index in [1.165, 1.54) is 25.0 Å². The Balaban J connectivity index is 2.02. The largest absolute Gasteiger partial charge is 0.349 e. The van der Waals surface area contributed by atoms with E-state index in [2.05, 4.69) is 21.2 Å². The molecule has 0 bridgehead atoms. The molecule has 1 aromatic rings. The van der Waals surface area contributed by atoms with Crippen LogP contribution in [0.4, 0.5) is 4.39 Å². The van der Waals surface area contributed by atoms with E-state index >= 15 is 0 Å². The Bertz CT molecular complexity index is 443. The molecule has 1 aliphatic rings.